The molecule has 1 saturated heterocycles. The molecule has 33 heavy (non-hydrogen) atoms. The minimum atomic E-state index is -0.939. The van der Waals surface area contributed by atoms with Crippen LogP contribution in [0.4, 0.5) is 10.1 Å². The average molecular weight is 447 g/mol. The Morgan fingerprint density at radius 2 is 1.55 bits per heavy atom. The Hall–Kier alpha value is -4.13. The molecule has 1 N–H and O–H groups in total. The number of amides is 1. The van der Waals surface area contributed by atoms with Crippen molar-refractivity contribution in [1.82, 2.24) is 0 Å². The van der Waals surface area contributed by atoms with Crippen LogP contribution < -0.4 is 14.4 Å². The summed E-state index contributed by atoms with van der Waals surface area (Å²) in [5.74, 6) is -1.19. The molecule has 0 aromatic heterocycles. The van der Waals surface area contributed by atoms with E-state index in [2.05, 4.69) is 0 Å². The van der Waals surface area contributed by atoms with Crippen molar-refractivity contribution < 1.29 is 28.6 Å². The quantitative estimate of drug-likeness (QED) is 0.332. The van der Waals surface area contributed by atoms with Gasteiger partial charge in [-0.05, 0) is 73.2 Å². The van der Waals surface area contributed by atoms with Gasteiger partial charge in [0.1, 0.15) is 23.1 Å². The SMILES string of the molecule is CCOc1ccc(C(O)=C2C(=O)C(=O)N(c3ccc(OC)cc3)C2c2ccc(F)cc2)cc1. The third-order valence-corrected chi connectivity index (χ3v) is 5.42. The van der Waals surface area contributed by atoms with Crippen LogP contribution in [0.2, 0.25) is 0 Å². The minimum absolute atomic E-state index is 0.0772. The predicted molar refractivity (Wildman–Crippen MR) is 122 cm³/mol. The van der Waals surface area contributed by atoms with E-state index in [1.54, 1.807) is 48.5 Å². The molecule has 0 bridgehead atoms. The second-order valence-corrected chi connectivity index (χ2v) is 7.38. The lowest BCUT2D eigenvalue weighted by Crippen LogP contribution is -2.29. The van der Waals surface area contributed by atoms with Gasteiger partial charge in [-0.1, -0.05) is 12.1 Å². The van der Waals surface area contributed by atoms with Crippen LogP contribution in [-0.4, -0.2) is 30.5 Å². The van der Waals surface area contributed by atoms with Crippen molar-refractivity contribution in [1.29, 1.82) is 0 Å². The molecular weight excluding hydrogens is 425 g/mol. The maximum Gasteiger partial charge on any atom is 0.300 e. The van der Waals surface area contributed by atoms with Crippen molar-refractivity contribution in [3.63, 3.8) is 0 Å². The van der Waals surface area contributed by atoms with E-state index in [0.29, 0.717) is 34.9 Å². The van der Waals surface area contributed by atoms with Crippen LogP contribution in [0.1, 0.15) is 24.1 Å². The van der Waals surface area contributed by atoms with Crippen LogP contribution >= 0.6 is 0 Å². The van der Waals surface area contributed by atoms with Gasteiger partial charge >= 0.3 is 0 Å². The fourth-order valence-electron chi connectivity index (χ4n) is 3.83. The zero-order valence-corrected chi connectivity index (χ0v) is 18.1. The number of anilines is 1. The van der Waals surface area contributed by atoms with Crippen LogP contribution in [0.3, 0.4) is 0 Å². The smallest absolute Gasteiger partial charge is 0.300 e. The van der Waals surface area contributed by atoms with Gasteiger partial charge in [0, 0.05) is 11.3 Å². The van der Waals surface area contributed by atoms with Crippen molar-refractivity contribution in [3.8, 4) is 11.5 Å². The Morgan fingerprint density at radius 3 is 2.12 bits per heavy atom. The molecule has 6 nitrogen and oxygen atoms in total. The number of aliphatic hydroxyl groups excluding tert-OH is 1. The number of ether oxygens (including phenoxy) is 2. The lowest BCUT2D eigenvalue weighted by molar-refractivity contribution is -0.132. The van der Waals surface area contributed by atoms with E-state index >= 15 is 0 Å². The summed E-state index contributed by atoms with van der Waals surface area (Å²) in [7, 11) is 1.52. The van der Waals surface area contributed by atoms with Crippen molar-refractivity contribution >= 4 is 23.1 Å². The van der Waals surface area contributed by atoms with Gasteiger partial charge < -0.3 is 14.6 Å². The zero-order chi connectivity index (χ0) is 23.5. The van der Waals surface area contributed by atoms with Gasteiger partial charge in [-0.15, -0.1) is 0 Å². The van der Waals surface area contributed by atoms with Crippen LogP contribution in [0.5, 0.6) is 11.5 Å². The van der Waals surface area contributed by atoms with Crippen LogP contribution in [0, 0.1) is 5.82 Å². The van der Waals surface area contributed by atoms with Gasteiger partial charge in [-0.25, -0.2) is 4.39 Å². The number of rotatable bonds is 6. The number of aliphatic hydroxyl groups is 1. The molecule has 3 aromatic carbocycles. The third kappa shape index (κ3) is 4.17. The molecule has 0 radical (unpaired) electrons. The largest absolute Gasteiger partial charge is 0.507 e. The van der Waals surface area contributed by atoms with Crippen molar-refractivity contribution in [2.24, 2.45) is 0 Å². The first-order valence-electron chi connectivity index (χ1n) is 10.4. The lowest BCUT2D eigenvalue weighted by atomic mass is 9.95. The highest BCUT2D eigenvalue weighted by molar-refractivity contribution is 6.51. The van der Waals surface area contributed by atoms with Crippen molar-refractivity contribution in [2.75, 3.05) is 18.6 Å². The highest BCUT2D eigenvalue weighted by Crippen LogP contribution is 2.42. The van der Waals surface area contributed by atoms with Crippen molar-refractivity contribution in [2.45, 2.75) is 13.0 Å². The number of hydrogen-bond donors (Lipinski definition) is 1. The normalized spacial score (nSPS) is 17.3. The Morgan fingerprint density at radius 1 is 0.939 bits per heavy atom. The first-order chi connectivity index (χ1) is 15.9. The number of carbonyl (C=O) groups excluding carboxylic acids is 2. The molecule has 1 fully saturated rings. The Kier molecular flexibility index (Phi) is 6.13. The molecular formula is C26H22FNO5. The standard InChI is InChI=1S/C26H22FNO5/c1-3-33-21-12-6-17(7-13-21)24(29)22-23(16-4-8-18(27)9-5-16)28(26(31)25(22)30)19-10-14-20(32-2)15-11-19/h4-15,23,29H,3H2,1-2H3. The van der Waals surface area contributed by atoms with E-state index in [4.69, 9.17) is 9.47 Å². The zero-order valence-electron chi connectivity index (χ0n) is 18.1. The first-order valence-corrected chi connectivity index (χ1v) is 10.4. The summed E-state index contributed by atoms with van der Waals surface area (Å²) in [5, 5.41) is 11.1. The molecule has 0 aliphatic carbocycles. The van der Waals surface area contributed by atoms with Crippen LogP contribution in [-0.2, 0) is 9.59 Å². The Bertz CT molecular complexity index is 1200. The summed E-state index contributed by atoms with van der Waals surface area (Å²) in [6.07, 6.45) is 0. The fourth-order valence-corrected chi connectivity index (χ4v) is 3.83. The van der Waals surface area contributed by atoms with Gasteiger partial charge in [0.2, 0.25) is 0 Å². The molecule has 1 aliphatic heterocycles. The van der Waals surface area contributed by atoms with E-state index in [0.717, 1.165) is 0 Å². The molecule has 1 heterocycles. The summed E-state index contributed by atoms with van der Waals surface area (Å²) in [5.41, 5.74) is 1.21. The summed E-state index contributed by atoms with van der Waals surface area (Å²) < 4.78 is 24.2. The maximum atomic E-state index is 13.6. The number of hydrogen-bond acceptors (Lipinski definition) is 5. The number of ketones is 1. The van der Waals surface area contributed by atoms with Gasteiger partial charge in [0.05, 0.1) is 25.3 Å². The molecule has 168 valence electrons. The van der Waals surface area contributed by atoms with E-state index < -0.39 is 23.5 Å². The number of nitrogens with zero attached hydrogens (tertiary/aromatic N) is 1. The van der Waals surface area contributed by atoms with Gasteiger partial charge in [0.15, 0.2) is 0 Å². The van der Waals surface area contributed by atoms with Gasteiger partial charge in [0.25, 0.3) is 11.7 Å². The van der Waals surface area contributed by atoms with Crippen molar-refractivity contribution in [3.05, 3.63) is 95.3 Å². The predicted octanol–water partition coefficient (Wildman–Crippen LogP) is 4.86. The van der Waals surface area contributed by atoms with Gasteiger partial charge in [-0.2, -0.15) is 0 Å². The molecule has 0 saturated carbocycles. The molecule has 1 atom stereocenters. The maximum absolute atomic E-state index is 13.6. The lowest BCUT2D eigenvalue weighted by Gasteiger charge is -2.25. The summed E-state index contributed by atoms with van der Waals surface area (Å²) in [4.78, 5) is 27.5. The number of methoxy groups -OCH3 is 1. The monoisotopic (exact) mass is 447 g/mol. The van der Waals surface area contributed by atoms with Crippen LogP contribution in [0.25, 0.3) is 5.76 Å². The first kappa shape index (κ1) is 22.1. The number of carbonyl (C=O) groups is 2. The molecule has 3 aromatic rings. The summed E-state index contributed by atoms with van der Waals surface area (Å²) in [6, 6.07) is 17.8. The Labute approximate surface area is 190 Å². The topological polar surface area (TPSA) is 76.1 Å². The molecule has 4 rings (SSSR count). The summed E-state index contributed by atoms with van der Waals surface area (Å²) >= 11 is 0. The highest BCUT2D eigenvalue weighted by Gasteiger charge is 2.47. The van der Waals surface area contributed by atoms with E-state index in [1.165, 1.54) is 36.3 Å². The van der Waals surface area contributed by atoms with E-state index in [1.807, 2.05) is 6.92 Å². The minimum Gasteiger partial charge on any atom is -0.507 e. The average Bonchev–Trinajstić information content (AvgIpc) is 3.10. The third-order valence-electron chi connectivity index (χ3n) is 5.42. The molecule has 1 aliphatic rings. The number of Topliss-reactive ketones (excluding diaryl/α,β-unsaturated/α-hetero) is 1. The number of halogens is 1. The highest BCUT2D eigenvalue weighted by atomic mass is 19.1. The molecule has 7 heteroatoms. The van der Waals surface area contributed by atoms with E-state index in [-0.39, 0.29) is 11.3 Å². The second kappa shape index (κ2) is 9.16. The molecule has 1 amide bonds. The second-order valence-electron chi connectivity index (χ2n) is 7.38. The number of benzene rings is 3. The van der Waals surface area contributed by atoms with E-state index in [9.17, 15) is 19.1 Å². The summed E-state index contributed by atoms with van der Waals surface area (Å²) in [6.45, 7) is 2.35. The van der Waals surface area contributed by atoms with Gasteiger partial charge in [-0.3, -0.25) is 14.5 Å². The Balaban J connectivity index is 1.86. The molecule has 1 unspecified atom stereocenters. The van der Waals surface area contributed by atoms with Crippen LogP contribution in [0.15, 0.2) is 78.4 Å². The molecule has 0 spiro atoms. The fraction of sp³-hybridized carbons (Fsp3) is 0.154.